The molecule has 0 saturated carbocycles. The van der Waals surface area contributed by atoms with Gasteiger partial charge in [0.05, 0.1) is 6.04 Å². The van der Waals surface area contributed by atoms with Gasteiger partial charge in [-0.15, -0.1) is 10.2 Å². The summed E-state index contributed by atoms with van der Waals surface area (Å²) in [5, 5.41) is 11.9. The van der Waals surface area contributed by atoms with Crippen molar-refractivity contribution in [2.75, 3.05) is 0 Å². The zero-order valence-corrected chi connectivity index (χ0v) is 10.8. The predicted molar refractivity (Wildman–Crippen MR) is 74.7 cm³/mol. The Balaban J connectivity index is 1.75. The van der Waals surface area contributed by atoms with Crippen LogP contribution in [0.25, 0.3) is 5.65 Å². The maximum atomic E-state index is 4.26. The van der Waals surface area contributed by atoms with Crippen LogP contribution in [0.3, 0.4) is 0 Å². The molecule has 4 heteroatoms. The normalized spacial score (nSPS) is 12.7. The van der Waals surface area contributed by atoms with Crippen molar-refractivity contribution in [3.05, 3.63) is 66.1 Å². The van der Waals surface area contributed by atoms with Crippen LogP contribution in [0.2, 0.25) is 0 Å². The molecule has 3 rings (SSSR count). The van der Waals surface area contributed by atoms with Gasteiger partial charge in [-0.3, -0.25) is 4.40 Å². The Morgan fingerprint density at radius 3 is 2.68 bits per heavy atom. The number of pyridine rings is 1. The Morgan fingerprint density at radius 1 is 1.05 bits per heavy atom. The van der Waals surface area contributed by atoms with Gasteiger partial charge in [-0.2, -0.15) is 0 Å². The Bertz CT molecular complexity index is 660. The van der Waals surface area contributed by atoms with Gasteiger partial charge in [0.2, 0.25) is 0 Å². The number of hydrogen-bond acceptors (Lipinski definition) is 3. The summed E-state index contributed by atoms with van der Waals surface area (Å²) in [7, 11) is 0. The molecule has 96 valence electrons. The molecule has 0 bridgehead atoms. The molecule has 0 aliphatic rings. The highest BCUT2D eigenvalue weighted by Gasteiger charge is 2.12. The molecule has 1 unspecified atom stereocenters. The standard InChI is InChI=1S/C15H16N4/c1-12(16-11-13-7-3-2-4-8-13)15-18-17-14-9-5-6-10-19(14)15/h2-10,12,16H,11H2,1H3. The highest BCUT2D eigenvalue weighted by molar-refractivity contribution is 5.37. The van der Waals surface area contributed by atoms with Crippen molar-refractivity contribution in [3.8, 4) is 0 Å². The van der Waals surface area contributed by atoms with Crippen LogP contribution in [0.15, 0.2) is 54.7 Å². The summed E-state index contributed by atoms with van der Waals surface area (Å²) in [4.78, 5) is 0. The van der Waals surface area contributed by atoms with Crippen molar-refractivity contribution in [3.63, 3.8) is 0 Å². The number of benzene rings is 1. The van der Waals surface area contributed by atoms with Crippen molar-refractivity contribution in [2.45, 2.75) is 19.5 Å². The molecule has 0 spiro atoms. The number of rotatable bonds is 4. The first-order valence-corrected chi connectivity index (χ1v) is 6.41. The minimum atomic E-state index is 0.151. The lowest BCUT2D eigenvalue weighted by molar-refractivity contribution is 0.541. The second-order valence-electron chi connectivity index (χ2n) is 4.58. The molecule has 4 nitrogen and oxygen atoms in total. The smallest absolute Gasteiger partial charge is 0.160 e. The monoisotopic (exact) mass is 252 g/mol. The van der Waals surface area contributed by atoms with E-state index in [-0.39, 0.29) is 6.04 Å². The molecule has 1 aromatic carbocycles. The van der Waals surface area contributed by atoms with E-state index in [2.05, 4.69) is 34.6 Å². The second-order valence-corrected chi connectivity index (χ2v) is 4.58. The number of aromatic nitrogens is 3. The van der Waals surface area contributed by atoms with Crippen LogP contribution in [0.5, 0.6) is 0 Å². The Hall–Kier alpha value is -2.20. The molecule has 0 saturated heterocycles. The van der Waals surface area contributed by atoms with Crippen LogP contribution in [-0.4, -0.2) is 14.6 Å². The molecule has 0 amide bonds. The first-order chi connectivity index (χ1) is 9.34. The van der Waals surface area contributed by atoms with Gasteiger partial charge in [-0.05, 0) is 24.6 Å². The van der Waals surface area contributed by atoms with E-state index in [9.17, 15) is 0 Å². The zero-order valence-electron chi connectivity index (χ0n) is 10.8. The van der Waals surface area contributed by atoms with Crippen LogP contribution < -0.4 is 5.32 Å². The Morgan fingerprint density at radius 2 is 1.84 bits per heavy atom. The van der Waals surface area contributed by atoms with Crippen molar-refractivity contribution in [2.24, 2.45) is 0 Å². The number of nitrogens with zero attached hydrogens (tertiary/aromatic N) is 3. The van der Waals surface area contributed by atoms with Crippen LogP contribution >= 0.6 is 0 Å². The highest BCUT2D eigenvalue weighted by atomic mass is 15.3. The summed E-state index contributed by atoms with van der Waals surface area (Å²) >= 11 is 0. The van der Waals surface area contributed by atoms with E-state index in [0.717, 1.165) is 18.0 Å². The topological polar surface area (TPSA) is 42.2 Å². The molecule has 1 atom stereocenters. The van der Waals surface area contributed by atoms with Crippen molar-refractivity contribution in [1.82, 2.24) is 19.9 Å². The van der Waals surface area contributed by atoms with Crippen molar-refractivity contribution >= 4 is 5.65 Å². The van der Waals surface area contributed by atoms with Crippen LogP contribution in [0.1, 0.15) is 24.4 Å². The summed E-state index contributed by atoms with van der Waals surface area (Å²) in [6.45, 7) is 2.93. The largest absolute Gasteiger partial charge is 0.303 e. The Labute approximate surface area is 112 Å². The van der Waals surface area contributed by atoms with Gasteiger partial charge in [0.15, 0.2) is 11.5 Å². The molecule has 0 radical (unpaired) electrons. The fraction of sp³-hybridized carbons (Fsp3) is 0.200. The van der Waals surface area contributed by atoms with Gasteiger partial charge in [-0.25, -0.2) is 0 Å². The van der Waals surface area contributed by atoms with Gasteiger partial charge in [0, 0.05) is 12.7 Å². The van der Waals surface area contributed by atoms with Crippen molar-refractivity contribution < 1.29 is 0 Å². The number of nitrogens with one attached hydrogen (secondary N) is 1. The van der Waals surface area contributed by atoms with Gasteiger partial charge in [0.1, 0.15) is 0 Å². The lowest BCUT2D eigenvalue weighted by Gasteiger charge is -2.12. The van der Waals surface area contributed by atoms with E-state index >= 15 is 0 Å². The van der Waals surface area contributed by atoms with Crippen LogP contribution in [0.4, 0.5) is 0 Å². The maximum Gasteiger partial charge on any atom is 0.160 e. The van der Waals surface area contributed by atoms with E-state index in [1.165, 1.54) is 5.56 Å². The Kier molecular flexibility index (Phi) is 3.25. The quantitative estimate of drug-likeness (QED) is 0.776. The second kappa shape index (κ2) is 5.20. The summed E-state index contributed by atoms with van der Waals surface area (Å²) in [5.41, 5.74) is 2.15. The van der Waals surface area contributed by atoms with Crippen LogP contribution in [0, 0.1) is 0 Å². The minimum absolute atomic E-state index is 0.151. The maximum absolute atomic E-state index is 4.26. The van der Waals surface area contributed by atoms with Gasteiger partial charge >= 0.3 is 0 Å². The number of fused-ring (bicyclic) bond motifs is 1. The lowest BCUT2D eigenvalue weighted by atomic mass is 10.2. The van der Waals surface area contributed by atoms with Crippen LogP contribution in [-0.2, 0) is 6.54 Å². The van der Waals surface area contributed by atoms with E-state index in [0.29, 0.717) is 0 Å². The number of hydrogen-bond donors (Lipinski definition) is 1. The minimum Gasteiger partial charge on any atom is -0.303 e. The molecular weight excluding hydrogens is 236 g/mol. The third-order valence-electron chi connectivity index (χ3n) is 3.18. The SMILES string of the molecule is CC(NCc1ccccc1)c1nnc2ccccn12. The third kappa shape index (κ3) is 2.48. The molecule has 1 N–H and O–H groups in total. The first kappa shape index (κ1) is 11.9. The van der Waals surface area contributed by atoms with Gasteiger partial charge in [-0.1, -0.05) is 36.4 Å². The fourth-order valence-electron chi connectivity index (χ4n) is 2.11. The average Bonchev–Trinajstić information content (AvgIpc) is 2.90. The fourth-order valence-corrected chi connectivity index (χ4v) is 2.11. The molecule has 19 heavy (non-hydrogen) atoms. The highest BCUT2D eigenvalue weighted by Crippen LogP contribution is 2.12. The predicted octanol–water partition coefficient (Wildman–Crippen LogP) is 2.58. The van der Waals surface area contributed by atoms with E-state index in [1.54, 1.807) is 0 Å². The van der Waals surface area contributed by atoms with Gasteiger partial charge in [0.25, 0.3) is 0 Å². The van der Waals surface area contributed by atoms with Gasteiger partial charge < -0.3 is 5.32 Å². The average molecular weight is 252 g/mol. The summed E-state index contributed by atoms with van der Waals surface area (Å²) < 4.78 is 2.02. The lowest BCUT2D eigenvalue weighted by Crippen LogP contribution is -2.20. The molecule has 0 aliphatic carbocycles. The molecule has 0 fully saturated rings. The molecule has 3 aromatic rings. The van der Waals surface area contributed by atoms with E-state index in [4.69, 9.17) is 0 Å². The summed E-state index contributed by atoms with van der Waals surface area (Å²) in [5.74, 6) is 0.937. The summed E-state index contributed by atoms with van der Waals surface area (Å²) in [6.07, 6.45) is 1.99. The summed E-state index contributed by atoms with van der Waals surface area (Å²) in [6, 6.07) is 16.4. The van der Waals surface area contributed by atoms with E-state index < -0.39 is 0 Å². The zero-order chi connectivity index (χ0) is 13.1. The third-order valence-corrected chi connectivity index (χ3v) is 3.18. The molecular formula is C15H16N4. The first-order valence-electron chi connectivity index (χ1n) is 6.41. The molecule has 2 aromatic heterocycles. The molecule has 0 aliphatic heterocycles. The van der Waals surface area contributed by atoms with Crippen molar-refractivity contribution in [1.29, 1.82) is 0 Å². The molecule has 2 heterocycles. The van der Waals surface area contributed by atoms with E-state index in [1.807, 2.05) is 47.0 Å².